The van der Waals surface area contributed by atoms with Crippen molar-refractivity contribution in [3.63, 3.8) is 0 Å². The number of rotatable bonds is 5. The van der Waals surface area contributed by atoms with Crippen LogP contribution in [0.25, 0.3) is 0 Å². The van der Waals surface area contributed by atoms with Gasteiger partial charge in [-0.1, -0.05) is 11.6 Å². The number of nitro benzene ring substituents is 1. The Morgan fingerprint density at radius 1 is 1.23 bits per heavy atom. The van der Waals surface area contributed by atoms with Crippen molar-refractivity contribution in [2.45, 2.75) is 11.3 Å². The summed E-state index contributed by atoms with van der Waals surface area (Å²) in [5, 5.41) is 40.4. The van der Waals surface area contributed by atoms with E-state index in [0.29, 0.717) is 5.69 Å². The summed E-state index contributed by atoms with van der Waals surface area (Å²) in [6.45, 7) is -0.0851. The first kappa shape index (κ1) is 17.9. The van der Waals surface area contributed by atoms with Gasteiger partial charge in [0.25, 0.3) is 5.69 Å². The summed E-state index contributed by atoms with van der Waals surface area (Å²) in [6, 6.07) is 3.85. The van der Waals surface area contributed by atoms with Crippen LogP contribution in [0.4, 0.5) is 17.1 Å². The molecule has 6 N–H and O–H groups in total. The van der Waals surface area contributed by atoms with E-state index in [1.165, 1.54) is 30.4 Å². The Balaban J connectivity index is 2.14. The highest BCUT2D eigenvalue weighted by molar-refractivity contribution is 6.32. The molecule has 0 bridgehead atoms. The standard InChI is InChI=1S/C14H15ClN6O5/c15-9-6-13(16)14(21(25)26,7-12(9)17-3-4-22)19-11-5-8(20(23)24)1-2-10(11)18-13/h1-2,5-7,17-19,22H,3-4,16H2. The smallest absolute Gasteiger partial charge is 0.355 e. The lowest BCUT2D eigenvalue weighted by molar-refractivity contribution is -0.555. The Bertz CT molecular complexity index is 858. The van der Waals surface area contributed by atoms with Crippen molar-refractivity contribution in [2.75, 3.05) is 23.8 Å². The zero-order chi connectivity index (χ0) is 19.1. The van der Waals surface area contributed by atoms with Crippen molar-refractivity contribution in [1.82, 2.24) is 5.32 Å². The van der Waals surface area contributed by atoms with Crippen LogP contribution in [0, 0.1) is 20.2 Å². The predicted molar refractivity (Wildman–Crippen MR) is 94.1 cm³/mol. The molecule has 0 saturated heterocycles. The number of nitrogens with two attached hydrogens (primary N) is 1. The Labute approximate surface area is 151 Å². The first-order valence-electron chi connectivity index (χ1n) is 7.47. The van der Waals surface area contributed by atoms with Crippen LogP contribution in [0.2, 0.25) is 0 Å². The van der Waals surface area contributed by atoms with Gasteiger partial charge in [0.05, 0.1) is 38.6 Å². The normalized spacial score (nSPS) is 26.3. The molecule has 11 nitrogen and oxygen atoms in total. The van der Waals surface area contributed by atoms with E-state index in [2.05, 4.69) is 16.0 Å². The molecule has 1 heterocycles. The summed E-state index contributed by atoms with van der Waals surface area (Å²) in [6.07, 6.45) is 2.48. The number of nitrogens with one attached hydrogen (secondary N) is 3. The van der Waals surface area contributed by atoms with E-state index < -0.39 is 21.2 Å². The van der Waals surface area contributed by atoms with E-state index in [4.69, 9.17) is 22.4 Å². The largest absolute Gasteiger partial charge is 0.395 e. The van der Waals surface area contributed by atoms with Crippen LogP contribution in [0.3, 0.4) is 0 Å². The zero-order valence-corrected chi connectivity index (χ0v) is 14.0. The molecule has 1 aromatic carbocycles. The van der Waals surface area contributed by atoms with Crippen LogP contribution in [0.1, 0.15) is 0 Å². The van der Waals surface area contributed by atoms with E-state index in [-0.39, 0.29) is 35.3 Å². The number of nitro groups is 2. The van der Waals surface area contributed by atoms with Crippen molar-refractivity contribution in [1.29, 1.82) is 0 Å². The van der Waals surface area contributed by atoms with Gasteiger partial charge in [-0.15, -0.1) is 0 Å². The fourth-order valence-electron chi connectivity index (χ4n) is 2.92. The van der Waals surface area contributed by atoms with Gasteiger partial charge in [0.15, 0.2) is 0 Å². The number of hydrogen-bond acceptors (Lipinski definition) is 9. The van der Waals surface area contributed by atoms with E-state index in [0.717, 1.165) is 0 Å². The highest BCUT2D eigenvalue weighted by Crippen LogP contribution is 2.44. The Morgan fingerprint density at radius 3 is 2.58 bits per heavy atom. The monoisotopic (exact) mass is 382 g/mol. The summed E-state index contributed by atoms with van der Waals surface area (Å²) in [5.41, 5.74) is 2.96. The summed E-state index contributed by atoms with van der Waals surface area (Å²) < 4.78 is 0. The maximum absolute atomic E-state index is 12.0. The van der Waals surface area contributed by atoms with E-state index in [1.54, 1.807) is 0 Å². The molecule has 0 fully saturated rings. The lowest BCUT2D eigenvalue weighted by Gasteiger charge is -2.45. The second kappa shape index (κ2) is 6.12. The van der Waals surface area contributed by atoms with Crippen molar-refractivity contribution >= 4 is 28.7 Å². The van der Waals surface area contributed by atoms with Crippen LogP contribution in [-0.2, 0) is 0 Å². The lowest BCUT2D eigenvalue weighted by atomic mass is 9.84. The highest BCUT2D eigenvalue weighted by atomic mass is 35.5. The molecular weight excluding hydrogens is 368 g/mol. The molecule has 3 rings (SSSR count). The molecule has 2 atom stereocenters. The SMILES string of the molecule is NC12C=C(Cl)C(NCCO)=CC1([N+](=O)[O-])Nc1cc([N+](=O)[O-])ccc1N2. The van der Waals surface area contributed by atoms with E-state index in [9.17, 15) is 20.2 Å². The van der Waals surface area contributed by atoms with Gasteiger partial charge in [-0.2, -0.15) is 0 Å². The van der Waals surface area contributed by atoms with Crippen LogP contribution >= 0.6 is 11.6 Å². The molecule has 0 saturated carbocycles. The molecule has 0 amide bonds. The minimum absolute atomic E-state index is 0.122. The number of allylic oxidation sites excluding steroid dienone is 1. The first-order chi connectivity index (χ1) is 12.2. The molecular formula is C14H15ClN6O5. The molecule has 0 radical (unpaired) electrons. The minimum atomic E-state index is -2.06. The number of anilines is 2. The number of fused-ring (bicyclic) bond motifs is 2. The average Bonchev–Trinajstić information content (AvgIpc) is 2.57. The van der Waals surface area contributed by atoms with Crippen LogP contribution in [0.5, 0.6) is 0 Å². The Hall–Kier alpha value is -2.89. The lowest BCUT2D eigenvalue weighted by Crippen LogP contribution is -2.73. The van der Waals surface area contributed by atoms with Crippen molar-refractivity contribution in [3.05, 3.63) is 61.3 Å². The number of aliphatic hydroxyl groups is 1. The van der Waals surface area contributed by atoms with Crippen LogP contribution in [-0.4, -0.2) is 39.4 Å². The van der Waals surface area contributed by atoms with Gasteiger partial charge in [0.2, 0.25) is 5.66 Å². The number of aliphatic hydroxyl groups excluding tert-OH is 1. The second-order valence-corrected chi connectivity index (χ2v) is 6.24. The topological polar surface area (TPSA) is 169 Å². The molecule has 26 heavy (non-hydrogen) atoms. The van der Waals surface area contributed by atoms with Gasteiger partial charge in [0, 0.05) is 24.8 Å². The highest BCUT2D eigenvalue weighted by Gasteiger charge is 2.62. The number of nitrogens with zero attached hydrogens (tertiary/aromatic N) is 2. The molecule has 12 heteroatoms. The average molecular weight is 383 g/mol. The number of hydrogen-bond donors (Lipinski definition) is 5. The molecule has 0 aromatic heterocycles. The quantitative estimate of drug-likeness (QED) is 0.362. The summed E-state index contributed by atoms with van der Waals surface area (Å²) in [4.78, 5) is 21.7. The van der Waals surface area contributed by atoms with Crippen LogP contribution in [0.15, 0.2) is 41.1 Å². The fraction of sp³-hybridized carbons (Fsp3) is 0.286. The van der Waals surface area contributed by atoms with Gasteiger partial charge < -0.3 is 21.1 Å². The van der Waals surface area contributed by atoms with Crippen LogP contribution < -0.4 is 21.7 Å². The zero-order valence-electron chi connectivity index (χ0n) is 13.2. The van der Waals surface area contributed by atoms with Gasteiger partial charge >= 0.3 is 5.66 Å². The molecule has 2 unspecified atom stereocenters. The van der Waals surface area contributed by atoms with E-state index in [1.807, 2.05) is 0 Å². The summed E-state index contributed by atoms with van der Waals surface area (Å²) >= 11 is 6.18. The van der Waals surface area contributed by atoms with Gasteiger partial charge in [-0.25, -0.2) is 0 Å². The molecule has 1 aliphatic heterocycles. The fourth-order valence-corrected chi connectivity index (χ4v) is 3.21. The second-order valence-electron chi connectivity index (χ2n) is 5.83. The van der Waals surface area contributed by atoms with Crippen molar-refractivity contribution in [3.8, 4) is 0 Å². The summed E-state index contributed by atoms with van der Waals surface area (Å²) in [5.74, 6) is 0. The van der Waals surface area contributed by atoms with Gasteiger partial charge in [-0.3, -0.25) is 26.0 Å². The third-order valence-electron chi connectivity index (χ3n) is 4.19. The predicted octanol–water partition coefficient (Wildman–Crippen LogP) is 0.662. The molecule has 1 aliphatic carbocycles. The molecule has 138 valence electrons. The summed E-state index contributed by atoms with van der Waals surface area (Å²) in [7, 11) is 0. The third-order valence-corrected chi connectivity index (χ3v) is 4.50. The minimum Gasteiger partial charge on any atom is -0.395 e. The van der Waals surface area contributed by atoms with E-state index >= 15 is 0 Å². The number of halogens is 1. The Morgan fingerprint density at radius 2 is 1.96 bits per heavy atom. The molecule has 2 aliphatic rings. The van der Waals surface area contributed by atoms with Crippen molar-refractivity contribution in [2.24, 2.45) is 5.73 Å². The van der Waals surface area contributed by atoms with Gasteiger partial charge in [-0.05, 0) is 12.1 Å². The number of benzene rings is 1. The third kappa shape index (κ3) is 2.62. The molecule has 1 aromatic rings. The Kier molecular flexibility index (Phi) is 4.22. The van der Waals surface area contributed by atoms with Crippen molar-refractivity contribution < 1.29 is 15.0 Å². The maximum Gasteiger partial charge on any atom is 0.355 e. The first-order valence-corrected chi connectivity index (χ1v) is 7.85. The maximum atomic E-state index is 12.0. The molecule has 0 spiro atoms. The van der Waals surface area contributed by atoms with Gasteiger partial charge in [0.1, 0.15) is 0 Å². The number of non-ortho nitro benzene ring substituents is 1.